The van der Waals surface area contributed by atoms with Gasteiger partial charge in [0, 0.05) is 29.8 Å². The molecule has 0 saturated heterocycles. The number of halogens is 2. The smallest absolute Gasteiger partial charge is 0.0551 e. The van der Waals surface area contributed by atoms with Gasteiger partial charge in [-0.3, -0.25) is 5.43 Å². The van der Waals surface area contributed by atoms with Crippen molar-refractivity contribution in [3.8, 4) is 0 Å². The van der Waals surface area contributed by atoms with Crippen LogP contribution in [-0.4, -0.2) is 9.16 Å². The van der Waals surface area contributed by atoms with Gasteiger partial charge in [-0.05, 0) is 4.64 Å². The largest absolute Gasteiger partial charge is 0.291 e. The molecular weight excluding hydrogens is 137 g/mol. The molecule has 1 heterocycles. The number of nitrogens with one attached hydrogen (secondary N) is 1. The predicted octanol–water partition coefficient (Wildman–Crippen LogP) is 0.802. The minimum absolute atomic E-state index is 1.11. The number of hydrogen-bond donors (Lipinski definition) is 1. The molecule has 0 fully saturated rings. The van der Waals surface area contributed by atoms with Gasteiger partial charge in [-0.15, -0.1) is 0 Å². The SMILES string of the molecule is ClN1C=CNN1Cl. The van der Waals surface area contributed by atoms with Crippen LogP contribution in [0.15, 0.2) is 12.4 Å². The van der Waals surface area contributed by atoms with E-state index in [4.69, 9.17) is 23.6 Å². The van der Waals surface area contributed by atoms with Crippen molar-refractivity contribution in [1.82, 2.24) is 14.6 Å². The van der Waals surface area contributed by atoms with Crippen LogP contribution in [0.25, 0.3) is 0 Å². The van der Waals surface area contributed by atoms with Crippen molar-refractivity contribution in [2.75, 3.05) is 0 Å². The Bertz CT molecular complexity index is 92.9. The van der Waals surface area contributed by atoms with Gasteiger partial charge < -0.3 is 0 Å². The molecule has 0 unspecified atom stereocenters. The maximum Gasteiger partial charge on any atom is 0.0551 e. The topological polar surface area (TPSA) is 18.5 Å². The van der Waals surface area contributed by atoms with E-state index in [0.717, 1.165) is 4.64 Å². The molecule has 0 saturated carbocycles. The van der Waals surface area contributed by atoms with Crippen molar-refractivity contribution >= 4 is 23.6 Å². The van der Waals surface area contributed by atoms with Gasteiger partial charge in [0.2, 0.25) is 0 Å². The van der Waals surface area contributed by atoms with E-state index in [2.05, 4.69) is 5.43 Å². The summed E-state index contributed by atoms with van der Waals surface area (Å²) in [4.78, 5) is 0. The van der Waals surface area contributed by atoms with Crippen LogP contribution in [0, 0.1) is 0 Å². The average Bonchev–Trinajstić information content (AvgIpc) is 1.91. The van der Waals surface area contributed by atoms with Gasteiger partial charge >= 0.3 is 0 Å². The summed E-state index contributed by atoms with van der Waals surface area (Å²) in [6, 6.07) is 0. The molecule has 0 aromatic carbocycles. The van der Waals surface area contributed by atoms with Crippen molar-refractivity contribution in [3.63, 3.8) is 0 Å². The molecule has 1 rings (SSSR count). The predicted molar refractivity (Wildman–Crippen MR) is 27.7 cm³/mol. The first-order valence-electron chi connectivity index (χ1n) is 1.64. The average molecular weight is 140 g/mol. The Hall–Kier alpha value is -0.120. The van der Waals surface area contributed by atoms with Crippen molar-refractivity contribution in [2.24, 2.45) is 0 Å². The van der Waals surface area contributed by atoms with Gasteiger partial charge in [-0.25, -0.2) is 0 Å². The monoisotopic (exact) mass is 139 g/mol. The summed E-state index contributed by atoms with van der Waals surface area (Å²) in [5.74, 6) is 0. The molecule has 0 aliphatic carbocycles. The summed E-state index contributed by atoms with van der Waals surface area (Å²) >= 11 is 10.7. The number of hydrogen-bond acceptors (Lipinski definition) is 3. The quantitative estimate of drug-likeness (QED) is 0.502. The number of nitrogens with zero attached hydrogens (tertiary/aromatic N) is 2. The van der Waals surface area contributed by atoms with Gasteiger partial charge in [0.1, 0.15) is 0 Å². The zero-order valence-electron chi connectivity index (χ0n) is 3.31. The third kappa shape index (κ3) is 0.907. The summed E-state index contributed by atoms with van der Waals surface area (Å²) in [5, 5.41) is 0. The fourth-order valence-corrected chi connectivity index (χ4v) is 0.477. The molecule has 1 aliphatic heterocycles. The Morgan fingerprint density at radius 3 is 2.29 bits per heavy atom. The van der Waals surface area contributed by atoms with Gasteiger partial charge in [0.25, 0.3) is 0 Å². The second-order valence-electron chi connectivity index (χ2n) is 0.994. The van der Waals surface area contributed by atoms with Crippen molar-refractivity contribution in [1.29, 1.82) is 0 Å². The first kappa shape index (κ1) is 5.03. The lowest BCUT2D eigenvalue weighted by Crippen LogP contribution is -2.26. The second kappa shape index (κ2) is 1.78. The zero-order valence-corrected chi connectivity index (χ0v) is 4.82. The summed E-state index contributed by atoms with van der Waals surface area (Å²) in [7, 11) is 0. The molecule has 0 amide bonds. The fourth-order valence-electron chi connectivity index (χ4n) is 0.270. The van der Waals surface area contributed by atoms with Crippen LogP contribution in [0.4, 0.5) is 0 Å². The van der Waals surface area contributed by atoms with E-state index in [1.54, 1.807) is 12.4 Å². The lowest BCUT2D eigenvalue weighted by atomic mass is 11.0. The molecular formula is C2H3Cl2N3. The van der Waals surface area contributed by atoms with Gasteiger partial charge in [-0.1, -0.05) is 0 Å². The third-order valence-corrected chi connectivity index (χ3v) is 1.15. The molecule has 0 bridgehead atoms. The lowest BCUT2D eigenvalue weighted by Gasteiger charge is -2.10. The van der Waals surface area contributed by atoms with Crippen LogP contribution < -0.4 is 5.43 Å². The standard InChI is InChI=1S/C2H3Cl2N3/c3-6-2-1-5-7(6)4/h1-2,5H. The Morgan fingerprint density at radius 2 is 2.14 bits per heavy atom. The molecule has 1 aliphatic rings. The molecule has 0 atom stereocenters. The molecule has 40 valence electrons. The number of rotatable bonds is 0. The van der Waals surface area contributed by atoms with Crippen LogP contribution in [0.1, 0.15) is 0 Å². The van der Waals surface area contributed by atoms with Gasteiger partial charge in [0.05, 0.1) is 6.20 Å². The van der Waals surface area contributed by atoms with Crippen molar-refractivity contribution in [2.45, 2.75) is 0 Å². The van der Waals surface area contributed by atoms with Gasteiger partial charge in [-0.2, -0.15) is 4.53 Å². The van der Waals surface area contributed by atoms with Gasteiger partial charge in [0.15, 0.2) is 0 Å². The Morgan fingerprint density at radius 1 is 1.43 bits per heavy atom. The molecule has 1 N–H and O–H groups in total. The summed E-state index contributed by atoms with van der Waals surface area (Å²) < 4.78 is 2.29. The molecule has 5 heteroatoms. The van der Waals surface area contributed by atoms with E-state index in [9.17, 15) is 0 Å². The molecule has 7 heavy (non-hydrogen) atoms. The normalized spacial score (nSPS) is 20.6. The first-order valence-corrected chi connectivity index (χ1v) is 2.32. The maximum absolute atomic E-state index is 5.34. The Kier molecular flexibility index (Phi) is 1.27. The minimum Gasteiger partial charge on any atom is -0.291 e. The van der Waals surface area contributed by atoms with Crippen molar-refractivity contribution < 1.29 is 0 Å². The molecule has 0 spiro atoms. The van der Waals surface area contributed by atoms with E-state index >= 15 is 0 Å². The van der Waals surface area contributed by atoms with E-state index in [1.807, 2.05) is 0 Å². The van der Waals surface area contributed by atoms with Crippen LogP contribution in [0.5, 0.6) is 0 Å². The highest BCUT2D eigenvalue weighted by Gasteiger charge is 2.07. The highest BCUT2D eigenvalue weighted by atomic mass is 35.5. The molecule has 0 radical (unpaired) electrons. The van der Waals surface area contributed by atoms with E-state index in [-0.39, 0.29) is 0 Å². The van der Waals surface area contributed by atoms with Crippen LogP contribution in [0.2, 0.25) is 0 Å². The summed E-state index contributed by atoms with van der Waals surface area (Å²) in [5.41, 5.74) is 2.58. The third-order valence-electron chi connectivity index (χ3n) is 0.546. The highest BCUT2D eigenvalue weighted by molar-refractivity contribution is 6.19. The second-order valence-corrected chi connectivity index (χ2v) is 1.66. The number of hydrazine groups is 2. The molecule has 3 nitrogen and oxygen atoms in total. The van der Waals surface area contributed by atoms with Crippen LogP contribution >= 0.6 is 23.6 Å². The Labute approximate surface area is 51.2 Å². The summed E-state index contributed by atoms with van der Waals surface area (Å²) in [6.07, 6.45) is 3.19. The van der Waals surface area contributed by atoms with Crippen LogP contribution in [-0.2, 0) is 0 Å². The first-order chi connectivity index (χ1) is 3.30. The Balaban J connectivity index is 2.45. The highest BCUT2D eigenvalue weighted by Crippen LogP contribution is 2.07. The van der Waals surface area contributed by atoms with E-state index in [1.165, 1.54) is 4.53 Å². The van der Waals surface area contributed by atoms with E-state index < -0.39 is 0 Å². The fraction of sp³-hybridized carbons (Fsp3) is 0. The maximum atomic E-state index is 5.34. The molecule has 0 aromatic heterocycles. The zero-order chi connectivity index (χ0) is 5.28. The van der Waals surface area contributed by atoms with Crippen molar-refractivity contribution in [3.05, 3.63) is 12.4 Å². The van der Waals surface area contributed by atoms with E-state index in [0.29, 0.717) is 0 Å². The molecule has 0 aromatic rings. The van der Waals surface area contributed by atoms with Crippen LogP contribution in [0.3, 0.4) is 0 Å². The summed E-state index contributed by atoms with van der Waals surface area (Å²) in [6.45, 7) is 0. The lowest BCUT2D eigenvalue weighted by molar-refractivity contribution is 0.225. The minimum atomic E-state index is 1.11.